The third-order valence-corrected chi connectivity index (χ3v) is 83.2. The summed E-state index contributed by atoms with van der Waals surface area (Å²) in [6.45, 7) is 0. The molecule has 0 atom stereocenters. The summed E-state index contributed by atoms with van der Waals surface area (Å²) < 4.78 is 0. The average molecular weight is 684 g/mol. The summed E-state index contributed by atoms with van der Waals surface area (Å²) in [6, 6.07) is 0. The Labute approximate surface area is 163 Å². The van der Waals surface area contributed by atoms with E-state index in [0.29, 0.717) is 0 Å². The molecule has 0 radical (unpaired) electrons. The molecule has 0 aromatic rings. The predicted molar refractivity (Wildman–Crippen MR) is 104 cm³/mol. The summed E-state index contributed by atoms with van der Waals surface area (Å²) in [5.74, 6) is 0. The van der Waals surface area contributed by atoms with Crippen molar-refractivity contribution in [3.8, 4) is 0 Å². The van der Waals surface area contributed by atoms with Crippen LogP contribution in [0.2, 0.25) is 10.6 Å². The van der Waals surface area contributed by atoms with Crippen LogP contribution in [0.4, 0.5) is 0 Å². The Hall–Kier alpha value is 3.12. The van der Waals surface area contributed by atoms with Gasteiger partial charge in [-0.25, -0.2) is 0 Å². The molecule has 21 heavy (non-hydrogen) atoms. The van der Waals surface area contributed by atoms with Crippen molar-refractivity contribution in [1.29, 1.82) is 0 Å². The molecule has 0 saturated carbocycles. The summed E-state index contributed by atoms with van der Waals surface area (Å²) in [5.41, 5.74) is 0. The maximum atomic E-state index is 1.63. The molecule has 126 valence electrons. The Morgan fingerprint density at radius 2 is 0.571 bits per heavy atom. The number of hydrogen-bond acceptors (Lipinski definition) is 0. The van der Waals surface area contributed by atoms with Gasteiger partial charge < -0.3 is 0 Å². The van der Waals surface area contributed by atoms with Gasteiger partial charge in [-0.3, -0.25) is 0 Å². The summed E-state index contributed by atoms with van der Waals surface area (Å²) in [7, 11) is 0. The van der Waals surface area contributed by atoms with E-state index in [9.17, 15) is 0 Å². The molecule has 1 saturated heterocycles. The van der Waals surface area contributed by atoms with Crippen molar-refractivity contribution >= 4 is 71.5 Å². The normalized spacial score (nSPS) is 24.0. The van der Waals surface area contributed by atoms with Crippen LogP contribution in [0.1, 0.15) is 83.5 Å². The van der Waals surface area contributed by atoms with Crippen LogP contribution in [0.25, 0.3) is 0 Å². The quantitative estimate of drug-likeness (QED) is 0.342. The van der Waals surface area contributed by atoms with E-state index >= 15 is 0 Å². The fourth-order valence-electron chi connectivity index (χ4n) is 2.40. The van der Waals surface area contributed by atoms with Gasteiger partial charge in [0.25, 0.3) is 0 Å². The first-order valence-corrected chi connectivity index (χ1v) is 32.5. The van der Waals surface area contributed by atoms with Crippen LogP contribution in [0, 0.1) is 0 Å². The fraction of sp³-hybridized carbons (Fsp3) is 1.00. The first-order valence-electron chi connectivity index (χ1n) is 8.41. The molecule has 0 aliphatic carbocycles. The molecule has 1 aliphatic heterocycles. The molecule has 0 nitrogen and oxygen atoms in total. The molecule has 0 amide bonds. The third kappa shape index (κ3) is 17.7. The van der Waals surface area contributed by atoms with E-state index in [-0.39, 0.29) is 0 Å². The van der Waals surface area contributed by atoms with Crippen LogP contribution in [-0.4, -0.2) is 71.5 Å². The molecular formula is C15H30Se6. The van der Waals surface area contributed by atoms with E-state index in [1.54, 1.807) is 36.3 Å². The van der Waals surface area contributed by atoms with Crippen molar-refractivity contribution in [2.45, 2.75) is 94.1 Å². The standard InChI is InChI=1S/C15H30Se6/c1-2-4-6-8-10-12-14-16-18-20-21-19-17-15-13-11-9-7-5-3-1/h1-15H2. The predicted octanol–water partition coefficient (Wildman–Crippen LogP) is 3.71. The summed E-state index contributed by atoms with van der Waals surface area (Å²) in [6.07, 6.45) is 19.9. The van der Waals surface area contributed by atoms with Crippen molar-refractivity contribution in [1.82, 2.24) is 0 Å². The molecular weight excluding hydrogens is 654 g/mol. The molecule has 1 aliphatic rings. The maximum absolute atomic E-state index is 1.63. The summed E-state index contributed by atoms with van der Waals surface area (Å²) >= 11 is 6.82. The second-order valence-corrected chi connectivity index (χ2v) is 51.3. The minimum atomic E-state index is 1.09. The Morgan fingerprint density at radius 1 is 0.286 bits per heavy atom. The van der Waals surface area contributed by atoms with Crippen LogP contribution >= 0.6 is 0 Å². The van der Waals surface area contributed by atoms with Gasteiger partial charge in [-0.05, 0) is 0 Å². The summed E-state index contributed by atoms with van der Waals surface area (Å²) in [5, 5.41) is 3.26. The Kier molecular flexibility index (Phi) is 20.5. The molecule has 6 heteroatoms. The van der Waals surface area contributed by atoms with Crippen LogP contribution < -0.4 is 0 Å². The van der Waals surface area contributed by atoms with Gasteiger partial charge in [-0.2, -0.15) is 0 Å². The van der Waals surface area contributed by atoms with Crippen LogP contribution in [0.3, 0.4) is 0 Å². The van der Waals surface area contributed by atoms with Crippen molar-refractivity contribution < 1.29 is 0 Å². The van der Waals surface area contributed by atoms with Crippen molar-refractivity contribution in [2.75, 3.05) is 0 Å². The third-order valence-electron chi connectivity index (χ3n) is 3.63. The second-order valence-electron chi connectivity index (χ2n) is 5.51. The van der Waals surface area contributed by atoms with E-state index in [2.05, 4.69) is 0 Å². The zero-order chi connectivity index (χ0) is 14.8. The van der Waals surface area contributed by atoms with Gasteiger partial charge >= 0.3 is 166 Å². The van der Waals surface area contributed by atoms with Crippen LogP contribution in [0.15, 0.2) is 0 Å². The first kappa shape index (κ1) is 22.2. The van der Waals surface area contributed by atoms with Gasteiger partial charge in [0, 0.05) is 0 Å². The number of rotatable bonds is 0. The SMILES string of the molecule is C1CCCCCCC[Se][Se][Se][Se][Se][Se]CCCCCCC1. The van der Waals surface area contributed by atoms with Crippen LogP contribution in [-0.2, 0) is 0 Å². The second kappa shape index (κ2) is 19.4. The molecule has 0 N–H and O–H groups in total. The van der Waals surface area contributed by atoms with E-state index in [1.165, 1.54) is 80.4 Å². The van der Waals surface area contributed by atoms with Gasteiger partial charge in [0.2, 0.25) is 0 Å². The fourth-order valence-corrected chi connectivity index (χ4v) is 130. The van der Waals surface area contributed by atoms with E-state index < -0.39 is 0 Å². The van der Waals surface area contributed by atoms with Gasteiger partial charge in [0.05, 0.1) is 0 Å². The summed E-state index contributed by atoms with van der Waals surface area (Å²) in [4.78, 5) is 0. The minimum absolute atomic E-state index is 1.09. The molecule has 0 aromatic carbocycles. The molecule has 1 fully saturated rings. The van der Waals surface area contributed by atoms with Crippen molar-refractivity contribution in [2.24, 2.45) is 0 Å². The van der Waals surface area contributed by atoms with E-state index in [1.807, 2.05) is 0 Å². The molecule has 1 heterocycles. The van der Waals surface area contributed by atoms with E-state index in [4.69, 9.17) is 0 Å². The molecule has 0 aromatic heterocycles. The zero-order valence-corrected chi connectivity index (χ0v) is 23.3. The zero-order valence-electron chi connectivity index (χ0n) is 13.1. The van der Waals surface area contributed by atoms with Crippen molar-refractivity contribution in [3.05, 3.63) is 0 Å². The Bertz CT molecular complexity index is 110. The average Bonchev–Trinajstić information content (AvgIpc) is 2.50. The van der Waals surface area contributed by atoms with Crippen LogP contribution in [0.5, 0.6) is 0 Å². The molecule has 0 unspecified atom stereocenters. The van der Waals surface area contributed by atoms with Gasteiger partial charge in [0.15, 0.2) is 0 Å². The van der Waals surface area contributed by atoms with Gasteiger partial charge in [-0.15, -0.1) is 0 Å². The van der Waals surface area contributed by atoms with E-state index in [0.717, 1.165) is 48.9 Å². The number of hydrogen-bond donors (Lipinski definition) is 0. The Balaban J connectivity index is 2.00. The van der Waals surface area contributed by atoms with Gasteiger partial charge in [-0.1, -0.05) is 0 Å². The Morgan fingerprint density at radius 3 is 0.905 bits per heavy atom. The van der Waals surface area contributed by atoms with Gasteiger partial charge in [0.1, 0.15) is 0 Å². The molecule has 0 bridgehead atoms. The first-order chi connectivity index (χ1) is 10.5. The topological polar surface area (TPSA) is 0 Å². The molecule has 1 rings (SSSR count). The van der Waals surface area contributed by atoms with Crippen molar-refractivity contribution in [3.63, 3.8) is 0 Å². The monoisotopic (exact) mass is 690 g/mol. The molecule has 0 spiro atoms.